The molecule has 1 saturated carbocycles. The van der Waals surface area contributed by atoms with Gasteiger partial charge in [-0.1, -0.05) is 35.4 Å². The van der Waals surface area contributed by atoms with Crippen LogP contribution >= 0.6 is 0 Å². The van der Waals surface area contributed by atoms with Gasteiger partial charge in [0.15, 0.2) is 0 Å². The third-order valence-electron chi connectivity index (χ3n) is 6.57. The molecule has 0 radical (unpaired) electrons. The molecule has 1 aliphatic carbocycles. The van der Waals surface area contributed by atoms with Crippen molar-refractivity contribution >= 4 is 5.69 Å². The summed E-state index contributed by atoms with van der Waals surface area (Å²) in [5.41, 5.74) is 2.88. The van der Waals surface area contributed by atoms with Gasteiger partial charge in [0.05, 0.1) is 17.7 Å². The Balaban J connectivity index is 1.92. The lowest BCUT2D eigenvalue weighted by Crippen LogP contribution is -2.49. The number of anilines is 1. The van der Waals surface area contributed by atoms with Crippen LogP contribution in [0, 0.1) is 11.3 Å². The van der Waals surface area contributed by atoms with Gasteiger partial charge in [-0.15, -0.1) is 6.58 Å². The van der Waals surface area contributed by atoms with Gasteiger partial charge in [0.25, 0.3) is 0 Å². The number of benzene rings is 1. The van der Waals surface area contributed by atoms with E-state index < -0.39 is 0 Å². The second-order valence-corrected chi connectivity index (χ2v) is 8.85. The van der Waals surface area contributed by atoms with Gasteiger partial charge < -0.3 is 5.32 Å². The van der Waals surface area contributed by atoms with E-state index in [1.165, 1.54) is 24.8 Å². The van der Waals surface area contributed by atoms with Crippen LogP contribution in [0.5, 0.6) is 0 Å². The van der Waals surface area contributed by atoms with Crippen molar-refractivity contribution in [2.24, 2.45) is 10.3 Å². The summed E-state index contributed by atoms with van der Waals surface area (Å²) >= 11 is 0. The molecule has 0 saturated heterocycles. The molecule has 0 aromatic heterocycles. The topological polar surface area (TPSA) is 67.0 Å². The van der Waals surface area contributed by atoms with Crippen molar-refractivity contribution in [1.82, 2.24) is 9.91 Å². The van der Waals surface area contributed by atoms with E-state index in [2.05, 4.69) is 67.0 Å². The monoisotopic (exact) mass is 436 g/mol. The van der Waals surface area contributed by atoms with Gasteiger partial charge in [-0.3, -0.25) is 9.91 Å². The minimum Gasteiger partial charge on any atom is -0.378 e. The fourth-order valence-corrected chi connectivity index (χ4v) is 3.91. The summed E-state index contributed by atoms with van der Waals surface area (Å²) in [6.45, 7) is 14.2. The third-order valence-corrected chi connectivity index (χ3v) is 6.57. The van der Waals surface area contributed by atoms with Crippen molar-refractivity contribution in [2.75, 3.05) is 25.5 Å². The minimum atomic E-state index is 0.123. The number of rotatable bonds is 13. The Bertz CT molecular complexity index is 820. The molecule has 1 N–H and O–H groups in total. The van der Waals surface area contributed by atoms with Crippen molar-refractivity contribution in [3.8, 4) is 6.07 Å². The molecular weight excluding hydrogens is 396 g/mol. The third kappa shape index (κ3) is 7.49. The second-order valence-electron chi connectivity index (χ2n) is 8.85. The van der Waals surface area contributed by atoms with E-state index in [1.54, 1.807) is 0 Å². The maximum absolute atomic E-state index is 9.16. The quantitative estimate of drug-likeness (QED) is 0.241. The van der Waals surface area contributed by atoms with Crippen molar-refractivity contribution in [1.29, 1.82) is 5.26 Å². The highest BCUT2D eigenvalue weighted by Crippen LogP contribution is 2.27. The van der Waals surface area contributed by atoms with Crippen LogP contribution in [0.4, 0.5) is 5.69 Å². The number of allylic oxidation sites excluding steroid dienone is 1. The molecule has 0 bridgehead atoms. The van der Waals surface area contributed by atoms with Crippen molar-refractivity contribution in [3.63, 3.8) is 0 Å². The van der Waals surface area contributed by atoms with Gasteiger partial charge in [0, 0.05) is 44.0 Å². The Hall–Kier alpha value is -2.65. The lowest BCUT2D eigenvalue weighted by molar-refractivity contribution is 0.0880. The van der Waals surface area contributed by atoms with Crippen LogP contribution in [0.15, 0.2) is 58.9 Å². The Labute approximate surface area is 194 Å². The first-order valence-corrected chi connectivity index (χ1v) is 11.8. The largest absolute Gasteiger partial charge is 0.378 e. The summed E-state index contributed by atoms with van der Waals surface area (Å²) in [6.07, 6.45) is 8.89. The van der Waals surface area contributed by atoms with Crippen LogP contribution in [0.3, 0.4) is 0 Å². The van der Waals surface area contributed by atoms with E-state index >= 15 is 0 Å². The molecule has 2 rings (SSSR count). The standard InChI is InChI=1S/C26H40N6/c1-7-16-32(25-13-10-14-25)22(5)21(4)29-30-31(6)17-15-26(20(3)8-2)28-24-12-9-11-23(18-24)19-27/h7-9,11-12,18,21-22,25-26,28H,1,10,13-17H2,2-6H3/b20-8+,30-29-. The maximum Gasteiger partial charge on any atom is 0.0992 e. The first-order valence-electron chi connectivity index (χ1n) is 11.8. The van der Waals surface area contributed by atoms with Gasteiger partial charge in [-0.2, -0.15) is 10.4 Å². The fraction of sp³-hybridized carbons (Fsp3) is 0.577. The van der Waals surface area contributed by atoms with E-state index in [1.807, 2.05) is 42.4 Å². The molecule has 0 spiro atoms. The molecule has 6 nitrogen and oxygen atoms in total. The van der Waals surface area contributed by atoms with Crippen LogP contribution < -0.4 is 5.32 Å². The number of hydrogen-bond acceptors (Lipinski definition) is 5. The zero-order valence-corrected chi connectivity index (χ0v) is 20.5. The second kappa shape index (κ2) is 13.0. The molecular formula is C26H40N6. The SMILES string of the molecule is C=CCN(C1CCC1)C(C)C(C)/N=N\N(C)CCC(Nc1cccc(C#N)c1)/C(C)=C/C. The molecule has 1 aromatic carbocycles. The molecule has 6 heteroatoms. The normalized spacial score (nSPS) is 17.5. The molecule has 1 aliphatic rings. The molecule has 1 fully saturated rings. The maximum atomic E-state index is 9.16. The Morgan fingerprint density at radius 1 is 1.38 bits per heavy atom. The highest BCUT2D eigenvalue weighted by Gasteiger charge is 2.30. The molecule has 32 heavy (non-hydrogen) atoms. The summed E-state index contributed by atoms with van der Waals surface area (Å²) in [5, 5.41) is 23.8. The molecule has 1 aromatic rings. The number of nitrogens with one attached hydrogen (secondary N) is 1. The minimum absolute atomic E-state index is 0.123. The summed E-state index contributed by atoms with van der Waals surface area (Å²) in [6, 6.07) is 11.1. The van der Waals surface area contributed by atoms with Gasteiger partial charge in [-0.05, 0) is 65.2 Å². The van der Waals surface area contributed by atoms with Crippen LogP contribution in [0.25, 0.3) is 0 Å². The van der Waals surface area contributed by atoms with Crippen LogP contribution in [0.1, 0.15) is 58.9 Å². The fourth-order valence-electron chi connectivity index (χ4n) is 3.91. The molecule has 174 valence electrons. The summed E-state index contributed by atoms with van der Waals surface area (Å²) in [7, 11) is 1.98. The predicted molar refractivity (Wildman–Crippen MR) is 134 cm³/mol. The van der Waals surface area contributed by atoms with Gasteiger partial charge >= 0.3 is 0 Å². The van der Waals surface area contributed by atoms with Crippen molar-refractivity contribution in [2.45, 2.75) is 77.5 Å². The zero-order chi connectivity index (χ0) is 23.5. The molecule has 0 amide bonds. The van der Waals surface area contributed by atoms with Gasteiger partial charge in [0.1, 0.15) is 0 Å². The zero-order valence-electron chi connectivity index (χ0n) is 20.5. The van der Waals surface area contributed by atoms with Crippen LogP contribution in [-0.2, 0) is 0 Å². The Morgan fingerprint density at radius 3 is 2.72 bits per heavy atom. The van der Waals surface area contributed by atoms with Crippen LogP contribution in [-0.4, -0.2) is 54.2 Å². The lowest BCUT2D eigenvalue weighted by atomic mass is 9.89. The number of nitriles is 1. The first-order chi connectivity index (χ1) is 15.4. The summed E-state index contributed by atoms with van der Waals surface area (Å²) in [5.74, 6) is 0. The summed E-state index contributed by atoms with van der Waals surface area (Å²) < 4.78 is 0. The van der Waals surface area contributed by atoms with E-state index in [0.717, 1.165) is 25.2 Å². The van der Waals surface area contributed by atoms with E-state index in [4.69, 9.17) is 5.26 Å². The Kier molecular flexibility index (Phi) is 10.4. The Morgan fingerprint density at radius 2 is 2.12 bits per heavy atom. The van der Waals surface area contributed by atoms with Crippen LogP contribution in [0.2, 0.25) is 0 Å². The molecule has 3 atom stereocenters. The highest BCUT2D eigenvalue weighted by molar-refractivity contribution is 5.50. The van der Waals surface area contributed by atoms with E-state index in [-0.39, 0.29) is 12.1 Å². The molecule has 0 aliphatic heterocycles. The number of nitrogens with zero attached hydrogens (tertiary/aromatic N) is 5. The smallest absolute Gasteiger partial charge is 0.0992 e. The van der Waals surface area contributed by atoms with E-state index in [0.29, 0.717) is 17.6 Å². The average molecular weight is 437 g/mol. The van der Waals surface area contributed by atoms with Gasteiger partial charge in [0.2, 0.25) is 0 Å². The average Bonchev–Trinajstić information content (AvgIpc) is 2.77. The van der Waals surface area contributed by atoms with Crippen molar-refractivity contribution in [3.05, 3.63) is 54.1 Å². The predicted octanol–water partition coefficient (Wildman–Crippen LogP) is 5.81. The van der Waals surface area contributed by atoms with Crippen molar-refractivity contribution < 1.29 is 0 Å². The highest BCUT2D eigenvalue weighted by atomic mass is 15.5. The van der Waals surface area contributed by atoms with Gasteiger partial charge in [-0.25, -0.2) is 0 Å². The molecule has 0 heterocycles. The number of hydrogen-bond donors (Lipinski definition) is 1. The molecule has 3 unspecified atom stereocenters. The van der Waals surface area contributed by atoms with E-state index in [9.17, 15) is 0 Å². The lowest BCUT2D eigenvalue weighted by Gasteiger charge is -2.41. The summed E-state index contributed by atoms with van der Waals surface area (Å²) in [4.78, 5) is 2.52. The first kappa shape index (κ1) is 25.6.